The van der Waals surface area contributed by atoms with Gasteiger partial charge in [-0.05, 0) is 104 Å². The molecule has 0 saturated heterocycles. The number of hydrogen-bond acceptors (Lipinski definition) is 1. The molecule has 0 amide bonds. The molecule has 0 spiro atoms. The van der Waals surface area contributed by atoms with E-state index in [2.05, 4.69) is 59.8 Å². The van der Waals surface area contributed by atoms with Gasteiger partial charge < -0.3 is 5.11 Å². The van der Waals surface area contributed by atoms with E-state index in [-0.39, 0.29) is 6.10 Å². The molecule has 0 aromatic rings. The van der Waals surface area contributed by atoms with Gasteiger partial charge in [-0.2, -0.15) is 0 Å². The first-order valence-electron chi connectivity index (χ1n) is 12.7. The fraction of sp³-hybridized carbons (Fsp3) is 0.857. The molecule has 0 aromatic heterocycles. The topological polar surface area (TPSA) is 20.2 Å². The average Bonchev–Trinajstić information content (AvgIpc) is 3.03. The van der Waals surface area contributed by atoms with Gasteiger partial charge in [0.2, 0.25) is 0 Å². The summed E-state index contributed by atoms with van der Waals surface area (Å²) in [6, 6.07) is 0. The van der Waals surface area contributed by atoms with Crippen LogP contribution in [0.3, 0.4) is 0 Å². The summed E-state index contributed by atoms with van der Waals surface area (Å²) in [7, 11) is 0. The van der Waals surface area contributed by atoms with Crippen LogP contribution in [0, 0.1) is 52.3 Å². The highest BCUT2D eigenvalue weighted by Crippen LogP contribution is 2.67. The van der Waals surface area contributed by atoms with Crippen LogP contribution in [0.5, 0.6) is 0 Å². The lowest BCUT2D eigenvalue weighted by Gasteiger charge is -2.58. The zero-order valence-electron chi connectivity index (χ0n) is 20.0. The highest BCUT2D eigenvalue weighted by molar-refractivity contribution is 5.25. The second kappa shape index (κ2) is 7.85. The summed E-state index contributed by atoms with van der Waals surface area (Å²) < 4.78 is 0. The van der Waals surface area contributed by atoms with Crippen molar-refractivity contribution in [1.29, 1.82) is 0 Å². The van der Waals surface area contributed by atoms with Crippen LogP contribution in [0.25, 0.3) is 0 Å². The van der Waals surface area contributed by atoms with Crippen LogP contribution in [0.15, 0.2) is 23.8 Å². The monoisotopic (exact) mass is 398 g/mol. The fourth-order valence-corrected chi connectivity index (χ4v) is 8.25. The maximum absolute atomic E-state index is 10.2. The molecule has 0 bridgehead atoms. The van der Waals surface area contributed by atoms with Crippen molar-refractivity contribution >= 4 is 0 Å². The van der Waals surface area contributed by atoms with E-state index >= 15 is 0 Å². The standard InChI is InChI=1S/C28H46O/c1-18(2)19(3)7-8-20(4)24-11-12-25-23-10-9-21-17-22(29)13-15-27(21,5)26(23)14-16-28(24,25)6/h7-9,18-20,22-26,29H,10-17H2,1-6H3/b8-7-/t19-,20-,22+,23+,24-,25-,26-,27+,28-/m0/s1. The van der Waals surface area contributed by atoms with Crippen LogP contribution < -0.4 is 0 Å². The van der Waals surface area contributed by atoms with Gasteiger partial charge in [0.15, 0.2) is 0 Å². The van der Waals surface area contributed by atoms with E-state index in [1.54, 1.807) is 5.57 Å². The maximum atomic E-state index is 10.2. The van der Waals surface area contributed by atoms with Crippen LogP contribution >= 0.6 is 0 Å². The second-order valence-corrected chi connectivity index (χ2v) is 12.2. The molecule has 0 radical (unpaired) electrons. The molecule has 9 atom stereocenters. The number of hydrogen-bond donors (Lipinski definition) is 1. The molecule has 4 rings (SSSR count). The zero-order chi connectivity index (χ0) is 21.0. The summed E-state index contributed by atoms with van der Waals surface area (Å²) in [5, 5.41) is 10.2. The highest BCUT2D eigenvalue weighted by Gasteiger charge is 2.58. The van der Waals surface area contributed by atoms with Crippen LogP contribution in [0.2, 0.25) is 0 Å². The maximum Gasteiger partial charge on any atom is 0.0577 e. The Labute approximate surface area is 180 Å². The van der Waals surface area contributed by atoms with Gasteiger partial charge in [-0.3, -0.25) is 0 Å². The van der Waals surface area contributed by atoms with E-state index in [0.29, 0.717) is 22.7 Å². The molecule has 0 heterocycles. The van der Waals surface area contributed by atoms with Crippen molar-refractivity contribution in [2.24, 2.45) is 52.3 Å². The Kier molecular flexibility index (Phi) is 5.86. The molecule has 1 heteroatoms. The molecule has 4 aliphatic rings. The molecule has 1 nitrogen and oxygen atoms in total. The van der Waals surface area contributed by atoms with Gasteiger partial charge in [-0.1, -0.05) is 65.3 Å². The fourth-order valence-electron chi connectivity index (χ4n) is 8.25. The van der Waals surface area contributed by atoms with E-state index in [1.165, 1.54) is 38.5 Å². The van der Waals surface area contributed by atoms with E-state index in [0.717, 1.165) is 42.4 Å². The summed E-state index contributed by atoms with van der Waals surface area (Å²) in [5.74, 6) is 5.63. The number of rotatable bonds is 4. The smallest absolute Gasteiger partial charge is 0.0577 e. The normalized spacial score (nSPS) is 46.8. The average molecular weight is 399 g/mol. The van der Waals surface area contributed by atoms with Gasteiger partial charge in [0.1, 0.15) is 0 Å². The predicted octanol–water partition coefficient (Wildman–Crippen LogP) is 7.41. The molecular weight excluding hydrogens is 352 g/mol. The van der Waals surface area contributed by atoms with Gasteiger partial charge in [-0.15, -0.1) is 0 Å². The minimum Gasteiger partial charge on any atom is -0.393 e. The lowest BCUT2D eigenvalue weighted by molar-refractivity contribution is -0.0540. The van der Waals surface area contributed by atoms with Crippen LogP contribution in [-0.2, 0) is 0 Å². The van der Waals surface area contributed by atoms with Gasteiger partial charge in [0.25, 0.3) is 0 Å². The number of aliphatic hydroxyl groups is 1. The van der Waals surface area contributed by atoms with Crippen LogP contribution in [-0.4, -0.2) is 11.2 Å². The largest absolute Gasteiger partial charge is 0.393 e. The summed E-state index contributed by atoms with van der Waals surface area (Å²) in [4.78, 5) is 0. The molecule has 29 heavy (non-hydrogen) atoms. The summed E-state index contributed by atoms with van der Waals surface area (Å²) in [6.07, 6.45) is 17.7. The van der Waals surface area contributed by atoms with Gasteiger partial charge in [0, 0.05) is 0 Å². The van der Waals surface area contributed by atoms with Crippen molar-refractivity contribution < 1.29 is 5.11 Å². The van der Waals surface area contributed by atoms with Crippen molar-refractivity contribution in [2.75, 3.05) is 0 Å². The van der Waals surface area contributed by atoms with Crippen molar-refractivity contribution in [1.82, 2.24) is 0 Å². The van der Waals surface area contributed by atoms with Crippen LogP contribution in [0.1, 0.15) is 92.9 Å². The Hall–Kier alpha value is -0.560. The van der Waals surface area contributed by atoms with Crippen molar-refractivity contribution in [2.45, 2.75) is 99.0 Å². The summed E-state index contributed by atoms with van der Waals surface area (Å²) in [6.45, 7) is 14.7. The second-order valence-electron chi connectivity index (χ2n) is 12.2. The molecule has 3 fully saturated rings. The third kappa shape index (κ3) is 3.58. The first kappa shape index (κ1) is 21.7. The molecule has 1 N–H and O–H groups in total. The molecule has 4 aliphatic carbocycles. The van der Waals surface area contributed by atoms with Crippen molar-refractivity contribution in [3.05, 3.63) is 23.8 Å². The van der Waals surface area contributed by atoms with Crippen molar-refractivity contribution in [3.63, 3.8) is 0 Å². The SMILES string of the molecule is CC(C)[C@@H](C)/C=C\[C@H](C)[C@@H]1CC[C@H]2[C@H]3CC=C4C[C@H](O)CC[C@@]4(C)[C@H]3CC[C@]21C. The first-order valence-corrected chi connectivity index (χ1v) is 12.7. The predicted molar refractivity (Wildman–Crippen MR) is 124 cm³/mol. The van der Waals surface area contributed by atoms with Gasteiger partial charge >= 0.3 is 0 Å². The molecule has 0 aliphatic heterocycles. The third-order valence-corrected chi connectivity index (χ3v) is 10.6. The molecule has 0 unspecified atom stereocenters. The Balaban J connectivity index is 1.53. The number of allylic oxidation sites excluding steroid dienone is 3. The lowest BCUT2D eigenvalue weighted by Crippen LogP contribution is -2.50. The van der Waals surface area contributed by atoms with Gasteiger partial charge in [0.05, 0.1) is 6.10 Å². The highest BCUT2D eigenvalue weighted by atomic mass is 16.3. The Bertz CT molecular complexity index is 659. The Morgan fingerprint density at radius 3 is 2.45 bits per heavy atom. The molecule has 0 aromatic carbocycles. The number of fused-ring (bicyclic) bond motifs is 5. The molecule has 3 saturated carbocycles. The van der Waals surface area contributed by atoms with Gasteiger partial charge in [-0.25, -0.2) is 0 Å². The lowest BCUT2D eigenvalue weighted by atomic mass is 9.47. The van der Waals surface area contributed by atoms with E-state index in [9.17, 15) is 5.11 Å². The molecular formula is C28H46O. The van der Waals surface area contributed by atoms with Crippen molar-refractivity contribution in [3.8, 4) is 0 Å². The van der Waals surface area contributed by atoms with E-state index < -0.39 is 0 Å². The minimum absolute atomic E-state index is 0.0866. The molecule has 164 valence electrons. The number of aliphatic hydroxyl groups excluding tert-OH is 1. The van der Waals surface area contributed by atoms with E-state index in [1.807, 2.05) is 0 Å². The third-order valence-electron chi connectivity index (χ3n) is 10.6. The first-order chi connectivity index (χ1) is 13.7. The Morgan fingerprint density at radius 2 is 1.72 bits per heavy atom. The van der Waals surface area contributed by atoms with Crippen LogP contribution in [0.4, 0.5) is 0 Å². The minimum atomic E-state index is -0.0866. The zero-order valence-corrected chi connectivity index (χ0v) is 20.0. The van der Waals surface area contributed by atoms with E-state index in [4.69, 9.17) is 0 Å². The summed E-state index contributed by atoms with van der Waals surface area (Å²) >= 11 is 0. The summed E-state index contributed by atoms with van der Waals surface area (Å²) in [5.41, 5.74) is 2.51. The Morgan fingerprint density at radius 1 is 0.966 bits per heavy atom. The quantitative estimate of drug-likeness (QED) is 0.489.